The van der Waals surface area contributed by atoms with Crippen molar-refractivity contribution in [1.82, 2.24) is 10.1 Å². The predicted octanol–water partition coefficient (Wildman–Crippen LogP) is 2.46. The first-order chi connectivity index (χ1) is 8.11. The van der Waals surface area contributed by atoms with Crippen LogP contribution < -0.4 is 5.73 Å². The molecule has 0 aliphatic carbocycles. The first-order valence-corrected chi connectivity index (χ1v) is 6.07. The van der Waals surface area contributed by atoms with Crippen molar-refractivity contribution in [3.05, 3.63) is 29.6 Å². The van der Waals surface area contributed by atoms with Gasteiger partial charge in [0.2, 0.25) is 0 Å². The van der Waals surface area contributed by atoms with Gasteiger partial charge < -0.3 is 10.3 Å². The fraction of sp³-hybridized carbons (Fsp3) is 0.200. The van der Waals surface area contributed by atoms with Gasteiger partial charge in [0.25, 0.3) is 5.89 Å². The maximum absolute atomic E-state index is 13.5. The van der Waals surface area contributed by atoms with Crippen molar-refractivity contribution < 1.29 is 13.3 Å². The van der Waals surface area contributed by atoms with Crippen LogP contribution in [0.3, 0.4) is 0 Å². The molecule has 0 aliphatic heterocycles. The topological polar surface area (TPSA) is 64.9 Å². The van der Waals surface area contributed by atoms with Crippen LogP contribution in [0.15, 0.2) is 16.7 Å². The van der Waals surface area contributed by atoms with Gasteiger partial charge in [0.1, 0.15) is 11.6 Å². The van der Waals surface area contributed by atoms with Crippen LogP contribution in [-0.2, 0) is 5.75 Å². The molecule has 1 aromatic heterocycles. The van der Waals surface area contributed by atoms with Crippen molar-refractivity contribution in [3.63, 3.8) is 0 Å². The summed E-state index contributed by atoms with van der Waals surface area (Å²) in [5, 5.41) is 3.67. The van der Waals surface area contributed by atoms with Crippen LogP contribution in [0, 0.1) is 11.6 Å². The standard InChI is InChI=1S/C10H9F2N3OS/c1-17-4-9-14-10(16-15-9)5-2-8(13)7(12)3-6(5)11/h2-3H,4,13H2,1H3. The molecule has 0 amide bonds. The molecule has 4 nitrogen and oxygen atoms in total. The van der Waals surface area contributed by atoms with Crippen molar-refractivity contribution in [1.29, 1.82) is 0 Å². The molecule has 0 radical (unpaired) electrons. The molecule has 0 saturated carbocycles. The van der Waals surface area contributed by atoms with Gasteiger partial charge in [-0.3, -0.25) is 0 Å². The van der Waals surface area contributed by atoms with Crippen LogP contribution in [0.25, 0.3) is 11.5 Å². The molecule has 0 bridgehead atoms. The second kappa shape index (κ2) is 4.70. The molecule has 90 valence electrons. The minimum atomic E-state index is -0.810. The maximum Gasteiger partial charge on any atom is 0.261 e. The quantitative estimate of drug-likeness (QED) is 0.855. The predicted molar refractivity (Wildman–Crippen MR) is 61.3 cm³/mol. The van der Waals surface area contributed by atoms with E-state index in [1.807, 2.05) is 6.26 Å². The summed E-state index contributed by atoms with van der Waals surface area (Å²) in [5.74, 6) is -0.582. The average Bonchev–Trinajstić information content (AvgIpc) is 2.72. The van der Waals surface area contributed by atoms with Crippen LogP contribution in [0.1, 0.15) is 5.82 Å². The van der Waals surface area contributed by atoms with Crippen LogP contribution in [0.2, 0.25) is 0 Å². The highest BCUT2D eigenvalue weighted by Crippen LogP contribution is 2.25. The fourth-order valence-electron chi connectivity index (χ4n) is 1.28. The molecule has 2 aromatic rings. The molecule has 17 heavy (non-hydrogen) atoms. The Morgan fingerprint density at radius 3 is 2.82 bits per heavy atom. The lowest BCUT2D eigenvalue weighted by Gasteiger charge is -2.00. The highest BCUT2D eigenvalue weighted by molar-refractivity contribution is 7.97. The van der Waals surface area contributed by atoms with Gasteiger partial charge in [-0.1, -0.05) is 5.16 Å². The fourth-order valence-corrected chi connectivity index (χ4v) is 1.66. The third kappa shape index (κ3) is 2.38. The van der Waals surface area contributed by atoms with E-state index in [9.17, 15) is 8.78 Å². The Balaban J connectivity index is 2.41. The van der Waals surface area contributed by atoms with Crippen LogP contribution >= 0.6 is 11.8 Å². The van der Waals surface area contributed by atoms with Gasteiger partial charge in [-0.2, -0.15) is 16.7 Å². The lowest BCUT2D eigenvalue weighted by atomic mass is 10.2. The summed E-state index contributed by atoms with van der Waals surface area (Å²) in [4.78, 5) is 3.99. The summed E-state index contributed by atoms with van der Waals surface area (Å²) < 4.78 is 31.3. The summed E-state index contributed by atoms with van der Waals surface area (Å²) >= 11 is 1.51. The number of halogens is 2. The van der Waals surface area contributed by atoms with Crippen molar-refractivity contribution >= 4 is 17.4 Å². The van der Waals surface area contributed by atoms with Gasteiger partial charge >= 0.3 is 0 Å². The minimum absolute atomic E-state index is 0.00162. The number of aromatic nitrogens is 2. The van der Waals surface area contributed by atoms with E-state index in [0.717, 1.165) is 6.07 Å². The Kier molecular flexibility index (Phi) is 3.28. The second-order valence-corrected chi connectivity index (χ2v) is 4.17. The van der Waals surface area contributed by atoms with Crippen LogP contribution in [0.5, 0.6) is 0 Å². The van der Waals surface area contributed by atoms with Crippen molar-refractivity contribution in [3.8, 4) is 11.5 Å². The van der Waals surface area contributed by atoms with E-state index in [1.54, 1.807) is 0 Å². The summed E-state index contributed by atoms with van der Waals surface area (Å²) in [7, 11) is 0. The zero-order valence-electron chi connectivity index (χ0n) is 8.91. The summed E-state index contributed by atoms with van der Waals surface area (Å²) in [6.07, 6.45) is 1.88. The number of hydrogen-bond donors (Lipinski definition) is 1. The van der Waals surface area contributed by atoms with Crippen molar-refractivity contribution in [2.24, 2.45) is 0 Å². The number of benzene rings is 1. The zero-order chi connectivity index (χ0) is 12.4. The molecule has 1 aromatic carbocycles. The highest BCUT2D eigenvalue weighted by Gasteiger charge is 2.15. The van der Waals surface area contributed by atoms with Gasteiger partial charge in [-0.05, 0) is 12.3 Å². The molecular formula is C10H9F2N3OS. The smallest absolute Gasteiger partial charge is 0.261 e. The summed E-state index contributed by atoms with van der Waals surface area (Å²) in [5.41, 5.74) is 5.20. The third-order valence-corrected chi connectivity index (χ3v) is 2.61. The average molecular weight is 257 g/mol. The molecule has 0 atom stereocenters. The van der Waals surface area contributed by atoms with Crippen molar-refractivity contribution in [2.45, 2.75) is 5.75 Å². The Bertz CT molecular complexity index is 544. The molecule has 0 saturated heterocycles. The zero-order valence-corrected chi connectivity index (χ0v) is 9.72. The van der Waals surface area contributed by atoms with E-state index in [4.69, 9.17) is 10.3 Å². The highest BCUT2D eigenvalue weighted by atomic mass is 32.2. The SMILES string of the molecule is CSCc1noc(-c2cc(N)c(F)cc2F)n1. The molecule has 2 N–H and O–H groups in total. The molecule has 2 rings (SSSR count). The summed E-state index contributed by atoms with van der Waals surface area (Å²) in [6, 6.07) is 1.84. The van der Waals surface area contributed by atoms with E-state index in [0.29, 0.717) is 17.6 Å². The lowest BCUT2D eigenvalue weighted by Crippen LogP contribution is -1.95. The van der Waals surface area contributed by atoms with Gasteiger partial charge in [0, 0.05) is 6.07 Å². The molecule has 0 fully saturated rings. The Hall–Kier alpha value is -1.63. The van der Waals surface area contributed by atoms with Gasteiger partial charge in [0.05, 0.1) is 17.0 Å². The van der Waals surface area contributed by atoms with E-state index < -0.39 is 11.6 Å². The first-order valence-electron chi connectivity index (χ1n) is 4.68. The van der Waals surface area contributed by atoms with Gasteiger partial charge in [-0.15, -0.1) is 0 Å². The molecule has 0 unspecified atom stereocenters. The number of anilines is 1. The molecule has 0 spiro atoms. The number of rotatable bonds is 3. The van der Waals surface area contributed by atoms with E-state index >= 15 is 0 Å². The monoisotopic (exact) mass is 257 g/mol. The Labute approximate surface area is 100 Å². The van der Waals surface area contributed by atoms with E-state index in [1.165, 1.54) is 11.8 Å². The number of nitrogens with two attached hydrogens (primary N) is 1. The Morgan fingerprint density at radius 1 is 1.35 bits per heavy atom. The third-order valence-electron chi connectivity index (χ3n) is 2.06. The van der Waals surface area contributed by atoms with E-state index in [-0.39, 0.29) is 17.1 Å². The Morgan fingerprint density at radius 2 is 2.12 bits per heavy atom. The largest absolute Gasteiger partial charge is 0.396 e. The lowest BCUT2D eigenvalue weighted by molar-refractivity contribution is 0.422. The van der Waals surface area contributed by atoms with Crippen LogP contribution in [0.4, 0.5) is 14.5 Å². The summed E-state index contributed by atoms with van der Waals surface area (Å²) in [6.45, 7) is 0. The van der Waals surface area contributed by atoms with Gasteiger partial charge in [0.15, 0.2) is 5.82 Å². The first kappa shape index (κ1) is 11.8. The number of thioether (sulfide) groups is 1. The number of hydrogen-bond acceptors (Lipinski definition) is 5. The van der Waals surface area contributed by atoms with E-state index in [2.05, 4.69) is 10.1 Å². The normalized spacial score (nSPS) is 10.8. The van der Waals surface area contributed by atoms with Gasteiger partial charge in [-0.25, -0.2) is 8.78 Å². The molecule has 7 heteroatoms. The second-order valence-electron chi connectivity index (χ2n) is 3.30. The minimum Gasteiger partial charge on any atom is -0.396 e. The number of nitrogens with zero attached hydrogens (tertiary/aromatic N) is 2. The molecular weight excluding hydrogens is 248 g/mol. The van der Waals surface area contributed by atoms with Crippen LogP contribution in [-0.4, -0.2) is 16.4 Å². The maximum atomic E-state index is 13.5. The number of nitrogen functional groups attached to an aromatic ring is 1. The molecule has 1 heterocycles. The molecule has 0 aliphatic rings. The van der Waals surface area contributed by atoms with Crippen molar-refractivity contribution in [2.75, 3.05) is 12.0 Å².